The van der Waals surface area contributed by atoms with Crippen molar-refractivity contribution in [3.63, 3.8) is 0 Å². The Hall–Kier alpha value is -1.77. The van der Waals surface area contributed by atoms with Crippen LogP contribution in [0, 0.1) is 0 Å². The lowest BCUT2D eigenvalue weighted by atomic mass is 10.2. The maximum absolute atomic E-state index is 10.2. The molecule has 0 saturated carbocycles. The third kappa shape index (κ3) is 3.13. The summed E-state index contributed by atoms with van der Waals surface area (Å²) < 4.78 is 10.5. The first kappa shape index (κ1) is 11.3. The summed E-state index contributed by atoms with van der Waals surface area (Å²) in [7, 11) is 1.59. The molecule has 3 nitrogen and oxygen atoms in total. The highest BCUT2D eigenvalue weighted by Gasteiger charge is 2.03. The van der Waals surface area contributed by atoms with Crippen molar-refractivity contribution in [3.05, 3.63) is 29.8 Å². The molecule has 0 amide bonds. The summed E-state index contributed by atoms with van der Waals surface area (Å²) in [5.41, 5.74) is 0.905. The topological polar surface area (TPSA) is 35.5 Å². The minimum absolute atomic E-state index is 0.597. The molecular formula is C12H14O3. The molecule has 0 N–H and O–H groups in total. The van der Waals surface area contributed by atoms with Gasteiger partial charge in [0.25, 0.3) is 0 Å². The zero-order valence-electron chi connectivity index (χ0n) is 8.90. The van der Waals surface area contributed by atoms with Crippen molar-refractivity contribution in [2.75, 3.05) is 13.7 Å². The van der Waals surface area contributed by atoms with Gasteiger partial charge in [0.15, 0.2) is 11.5 Å². The van der Waals surface area contributed by atoms with E-state index >= 15 is 0 Å². The summed E-state index contributed by atoms with van der Waals surface area (Å²) in [4.78, 5) is 10.2. The molecule has 3 heteroatoms. The summed E-state index contributed by atoms with van der Waals surface area (Å²) in [6, 6.07) is 5.52. The summed E-state index contributed by atoms with van der Waals surface area (Å²) in [6.07, 6.45) is 3.89. The molecule has 0 heterocycles. The largest absolute Gasteiger partial charge is 0.493 e. The van der Waals surface area contributed by atoms with Gasteiger partial charge in [0, 0.05) is 0 Å². The highest BCUT2D eigenvalue weighted by Crippen LogP contribution is 2.28. The van der Waals surface area contributed by atoms with Crippen LogP contribution >= 0.6 is 0 Å². The van der Waals surface area contributed by atoms with E-state index in [1.54, 1.807) is 13.2 Å². The molecule has 0 bridgehead atoms. The van der Waals surface area contributed by atoms with E-state index < -0.39 is 0 Å². The van der Waals surface area contributed by atoms with E-state index in [2.05, 4.69) is 0 Å². The number of benzene rings is 1. The van der Waals surface area contributed by atoms with Crippen LogP contribution in [0.1, 0.15) is 12.5 Å². The lowest BCUT2D eigenvalue weighted by molar-refractivity contribution is -0.104. The first-order chi connectivity index (χ1) is 7.31. The molecule has 0 aromatic heterocycles. The molecule has 0 unspecified atom stereocenters. The van der Waals surface area contributed by atoms with Crippen LogP contribution < -0.4 is 9.47 Å². The van der Waals surface area contributed by atoms with Gasteiger partial charge >= 0.3 is 0 Å². The third-order valence-electron chi connectivity index (χ3n) is 1.85. The van der Waals surface area contributed by atoms with Gasteiger partial charge in [-0.15, -0.1) is 0 Å². The fourth-order valence-corrected chi connectivity index (χ4v) is 1.21. The molecular weight excluding hydrogens is 192 g/mol. The second kappa shape index (κ2) is 5.86. The Morgan fingerprint density at radius 1 is 1.33 bits per heavy atom. The van der Waals surface area contributed by atoms with Crippen molar-refractivity contribution in [2.45, 2.75) is 6.92 Å². The Labute approximate surface area is 89.3 Å². The smallest absolute Gasteiger partial charge is 0.161 e. The molecule has 0 radical (unpaired) electrons. The van der Waals surface area contributed by atoms with E-state index in [-0.39, 0.29) is 0 Å². The van der Waals surface area contributed by atoms with Gasteiger partial charge in [-0.05, 0) is 30.7 Å². The van der Waals surface area contributed by atoms with E-state index in [1.165, 1.54) is 6.08 Å². The number of hydrogen-bond acceptors (Lipinski definition) is 3. The van der Waals surface area contributed by atoms with Crippen molar-refractivity contribution < 1.29 is 14.3 Å². The summed E-state index contributed by atoms with van der Waals surface area (Å²) in [5.74, 6) is 1.38. The Balaban J connectivity index is 2.96. The quantitative estimate of drug-likeness (QED) is 0.547. The van der Waals surface area contributed by atoms with E-state index in [0.717, 1.165) is 11.8 Å². The minimum atomic E-state index is 0.597. The lowest BCUT2D eigenvalue weighted by Crippen LogP contribution is -1.95. The number of aldehydes is 1. The van der Waals surface area contributed by atoms with Crippen LogP contribution in [0.15, 0.2) is 24.3 Å². The second-order valence-corrected chi connectivity index (χ2v) is 2.84. The summed E-state index contributed by atoms with van der Waals surface area (Å²) in [6.45, 7) is 2.51. The number of hydrogen-bond donors (Lipinski definition) is 0. The van der Waals surface area contributed by atoms with Crippen LogP contribution in [-0.4, -0.2) is 20.0 Å². The first-order valence-electron chi connectivity index (χ1n) is 4.74. The SMILES string of the molecule is CCOc1ccc(/C=C\C=O)cc1OC. The normalized spacial score (nSPS) is 10.3. The van der Waals surface area contributed by atoms with Crippen molar-refractivity contribution in [1.82, 2.24) is 0 Å². The van der Waals surface area contributed by atoms with Crippen LogP contribution in [0.2, 0.25) is 0 Å². The van der Waals surface area contributed by atoms with Crippen molar-refractivity contribution in [3.8, 4) is 11.5 Å². The molecule has 0 fully saturated rings. The maximum atomic E-state index is 10.2. The number of methoxy groups -OCH3 is 1. The van der Waals surface area contributed by atoms with E-state index in [0.29, 0.717) is 18.1 Å². The number of rotatable bonds is 5. The van der Waals surface area contributed by atoms with Gasteiger partial charge in [0.2, 0.25) is 0 Å². The zero-order valence-corrected chi connectivity index (χ0v) is 8.90. The van der Waals surface area contributed by atoms with Gasteiger partial charge in [0.1, 0.15) is 6.29 Å². The minimum Gasteiger partial charge on any atom is -0.493 e. The Morgan fingerprint density at radius 3 is 2.73 bits per heavy atom. The van der Waals surface area contributed by atoms with Gasteiger partial charge < -0.3 is 9.47 Å². The standard InChI is InChI=1S/C12H14O3/c1-3-15-11-7-6-10(5-4-8-13)9-12(11)14-2/h4-9H,3H2,1-2H3/b5-4-. The number of allylic oxidation sites excluding steroid dienone is 1. The van der Waals surface area contributed by atoms with Gasteiger partial charge in [-0.1, -0.05) is 12.1 Å². The fourth-order valence-electron chi connectivity index (χ4n) is 1.21. The van der Waals surface area contributed by atoms with Crippen LogP contribution in [0.5, 0.6) is 11.5 Å². The molecule has 0 aliphatic carbocycles. The summed E-state index contributed by atoms with van der Waals surface area (Å²) in [5, 5.41) is 0. The summed E-state index contributed by atoms with van der Waals surface area (Å²) >= 11 is 0. The molecule has 15 heavy (non-hydrogen) atoms. The van der Waals surface area contributed by atoms with Crippen molar-refractivity contribution in [2.24, 2.45) is 0 Å². The lowest BCUT2D eigenvalue weighted by Gasteiger charge is -2.09. The molecule has 0 aliphatic heterocycles. The molecule has 1 aromatic rings. The predicted octanol–water partition coefficient (Wildman–Crippen LogP) is 2.31. The van der Waals surface area contributed by atoms with Crippen LogP contribution in [0.4, 0.5) is 0 Å². The number of ether oxygens (including phenoxy) is 2. The molecule has 1 rings (SSSR count). The molecule has 0 saturated heterocycles. The molecule has 80 valence electrons. The number of carbonyl (C=O) groups excluding carboxylic acids is 1. The van der Waals surface area contributed by atoms with E-state index in [4.69, 9.17) is 9.47 Å². The number of carbonyl (C=O) groups is 1. The van der Waals surface area contributed by atoms with Crippen LogP contribution in [-0.2, 0) is 4.79 Å². The molecule has 0 aliphatic rings. The Morgan fingerprint density at radius 2 is 2.13 bits per heavy atom. The second-order valence-electron chi connectivity index (χ2n) is 2.84. The molecule has 0 spiro atoms. The van der Waals surface area contributed by atoms with Crippen LogP contribution in [0.25, 0.3) is 6.08 Å². The van der Waals surface area contributed by atoms with E-state index in [1.807, 2.05) is 25.1 Å². The van der Waals surface area contributed by atoms with E-state index in [9.17, 15) is 4.79 Å². The monoisotopic (exact) mass is 206 g/mol. The third-order valence-corrected chi connectivity index (χ3v) is 1.85. The highest BCUT2D eigenvalue weighted by atomic mass is 16.5. The van der Waals surface area contributed by atoms with Gasteiger partial charge in [0.05, 0.1) is 13.7 Å². The first-order valence-corrected chi connectivity index (χ1v) is 4.74. The average molecular weight is 206 g/mol. The maximum Gasteiger partial charge on any atom is 0.161 e. The Bertz CT molecular complexity index is 356. The molecule has 1 aromatic carbocycles. The van der Waals surface area contributed by atoms with Crippen molar-refractivity contribution >= 4 is 12.4 Å². The zero-order chi connectivity index (χ0) is 11.1. The van der Waals surface area contributed by atoms with Gasteiger partial charge in [-0.3, -0.25) is 4.79 Å². The average Bonchev–Trinajstić information content (AvgIpc) is 2.28. The highest BCUT2D eigenvalue weighted by molar-refractivity contribution is 5.74. The van der Waals surface area contributed by atoms with Gasteiger partial charge in [-0.25, -0.2) is 0 Å². The molecule has 0 atom stereocenters. The van der Waals surface area contributed by atoms with Gasteiger partial charge in [-0.2, -0.15) is 0 Å². The fraction of sp³-hybridized carbons (Fsp3) is 0.250. The van der Waals surface area contributed by atoms with Crippen molar-refractivity contribution in [1.29, 1.82) is 0 Å². The predicted molar refractivity (Wildman–Crippen MR) is 59.3 cm³/mol. The van der Waals surface area contributed by atoms with Crippen LogP contribution in [0.3, 0.4) is 0 Å². The Kier molecular flexibility index (Phi) is 4.41.